The van der Waals surface area contributed by atoms with Crippen LogP contribution in [0.5, 0.6) is 0 Å². The average molecular weight is 496 g/mol. The number of nitrogens with one attached hydrogen (secondary N) is 2. The van der Waals surface area contributed by atoms with Crippen LogP contribution in [0.15, 0.2) is 60.7 Å². The van der Waals surface area contributed by atoms with Gasteiger partial charge in [-0.1, -0.05) is 43.4 Å². The number of amides is 1. The van der Waals surface area contributed by atoms with Gasteiger partial charge in [-0.25, -0.2) is 18.6 Å². The molecule has 0 aliphatic rings. The van der Waals surface area contributed by atoms with Crippen LogP contribution >= 0.6 is 11.3 Å². The van der Waals surface area contributed by atoms with Crippen LogP contribution in [0.25, 0.3) is 21.3 Å². The molecule has 35 heavy (non-hydrogen) atoms. The molecule has 0 bridgehead atoms. The lowest BCUT2D eigenvalue weighted by Gasteiger charge is -2.16. The minimum atomic E-state index is -1.08. The van der Waals surface area contributed by atoms with Gasteiger partial charge in [0.05, 0.1) is 15.9 Å². The minimum absolute atomic E-state index is 0.115. The van der Waals surface area contributed by atoms with Crippen LogP contribution in [-0.2, 0) is 4.79 Å². The summed E-state index contributed by atoms with van der Waals surface area (Å²) in [6, 6.07) is 14.5. The second-order valence-corrected chi connectivity index (χ2v) is 9.55. The van der Waals surface area contributed by atoms with E-state index in [1.165, 1.54) is 29.5 Å². The number of aromatic nitrogens is 1. The number of carbonyl (C=O) groups is 2. The fourth-order valence-corrected chi connectivity index (χ4v) is 4.51. The van der Waals surface area contributed by atoms with Gasteiger partial charge in [0.15, 0.2) is 5.13 Å². The van der Waals surface area contributed by atoms with Crippen LogP contribution in [0.4, 0.5) is 19.6 Å². The lowest BCUT2D eigenvalue weighted by molar-refractivity contribution is -0.139. The monoisotopic (exact) mass is 495 g/mol. The zero-order valence-electron chi connectivity index (χ0n) is 19.0. The van der Waals surface area contributed by atoms with E-state index in [4.69, 9.17) is 0 Å². The summed E-state index contributed by atoms with van der Waals surface area (Å²) in [7, 11) is 0. The molecule has 1 amide bonds. The number of anilines is 2. The van der Waals surface area contributed by atoms with Gasteiger partial charge in [-0.15, -0.1) is 0 Å². The molecule has 9 heteroatoms. The van der Waals surface area contributed by atoms with Crippen molar-refractivity contribution in [2.45, 2.75) is 26.3 Å². The Kier molecular flexibility index (Phi) is 7.07. The van der Waals surface area contributed by atoms with Gasteiger partial charge in [-0.3, -0.25) is 4.79 Å². The number of carbonyl (C=O) groups excluding carboxylic acids is 1. The molecule has 0 radical (unpaired) electrons. The number of aliphatic carboxylic acids is 1. The Morgan fingerprint density at radius 2 is 1.71 bits per heavy atom. The highest BCUT2D eigenvalue weighted by Crippen LogP contribution is 2.31. The summed E-state index contributed by atoms with van der Waals surface area (Å²) < 4.78 is 28.9. The van der Waals surface area contributed by atoms with Gasteiger partial charge in [0, 0.05) is 5.56 Å². The summed E-state index contributed by atoms with van der Waals surface area (Å²) >= 11 is 1.23. The fourth-order valence-electron chi connectivity index (χ4n) is 3.61. The third-order valence-corrected chi connectivity index (χ3v) is 6.29. The van der Waals surface area contributed by atoms with Crippen LogP contribution in [0, 0.1) is 17.6 Å². The van der Waals surface area contributed by atoms with Crippen molar-refractivity contribution < 1.29 is 23.5 Å². The highest BCUT2D eigenvalue weighted by molar-refractivity contribution is 7.22. The van der Waals surface area contributed by atoms with E-state index < -0.39 is 23.7 Å². The lowest BCUT2D eigenvalue weighted by atomic mass is 10.0. The van der Waals surface area contributed by atoms with Crippen molar-refractivity contribution >= 4 is 44.2 Å². The van der Waals surface area contributed by atoms with Gasteiger partial charge in [0.2, 0.25) is 0 Å². The highest BCUT2D eigenvalue weighted by Gasteiger charge is 2.21. The first-order valence-electron chi connectivity index (χ1n) is 11.0. The normalized spacial score (nSPS) is 12.0. The second kappa shape index (κ2) is 10.2. The molecule has 3 aromatic carbocycles. The molecule has 0 aliphatic carbocycles. The maximum atomic E-state index is 14.8. The predicted molar refractivity (Wildman–Crippen MR) is 133 cm³/mol. The van der Waals surface area contributed by atoms with Crippen LogP contribution in [0.1, 0.15) is 30.6 Å². The SMILES string of the molecule is CC(C)C[C@@H](NC(=O)c1ccc(-c2ccc(Nc3nc4ccc(F)cc4s3)c(F)c2)cc1)C(=O)O. The quantitative estimate of drug-likeness (QED) is 0.270. The van der Waals surface area contributed by atoms with Crippen LogP contribution < -0.4 is 10.6 Å². The molecule has 0 spiro atoms. The molecule has 0 unspecified atom stereocenters. The Balaban J connectivity index is 1.47. The van der Waals surface area contributed by atoms with Crippen molar-refractivity contribution in [2.75, 3.05) is 5.32 Å². The molecule has 0 saturated heterocycles. The van der Waals surface area contributed by atoms with Crippen molar-refractivity contribution in [1.82, 2.24) is 10.3 Å². The highest BCUT2D eigenvalue weighted by atomic mass is 32.1. The largest absolute Gasteiger partial charge is 0.480 e. The average Bonchev–Trinajstić information content (AvgIpc) is 3.21. The smallest absolute Gasteiger partial charge is 0.326 e. The minimum Gasteiger partial charge on any atom is -0.480 e. The maximum Gasteiger partial charge on any atom is 0.326 e. The molecule has 1 atom stereocenters. The number of hydrogen-bond donors (Lipinski definition) is 3. The Hall–Kier alpha value is -3.85. The number of rotatable bonds is 8. The van der Waals surface area contributed by atoms with Crippen molar-refractivity contribution in [3.63, 3.8) is 0 Å². The summed E-state index contributed by atoms with van der Waals surface area (Å²) in [6.45, 7) is 3.77. The first-order chi connectivity index (χ1) is 16.7. The van der Waals surface area contributed by atoms with E-state index >= 15 is 0 Å². The number of carboxylic acids is 1. The number of halogens is 2. The van der Waals surface area contributed by atoms with Gasteiger partial charge in [0.1, 0.15) is 17.7 Å². The van der Waals surface area contributed by atoms with E-state index in [2.05, 4.69) is 15.6 Å². The molecular formula is C26H23F2N3O3S. The molecule has 1 aromatic heterocycles. The topological polar surface area (TPSA) is 91.3 Å². The molecule has 0 fully saturated rings. The lowest BCUT2D eigenvalue weighted by Crippen LogP contribution is -2.41. The van der Waals surface area contributed by atoms with Crippen LogP contribution in [-0.4, -0.2) is 28.0 Å². The molecule has 3 N–H and O–H groups in total. The first kappa shape index (κ1) is 24.3. The fraction of sp³-hybridized carbons (Fsp3) is 0.192. The van der Waals surface area contributed by atoms with E-state index in [0.29, 0.717) is 38.5 Å². The van der Waals surface area contributed by atoms with Crippen LogP contribution in [0.3, 0.4) is 0 Å². The molecule has 180 valence electrons. The molecule has 6 nitrogen and oxygen atoms in total. The van der Waals surface area contributed by atoms with Crippen molar-refractivity contribution in [3.05, 3.63) is 77.9 Å². The van der Waals surface area contributed by atoms with Gasteiger partial charge in [0.25, 0.3) is 5.91 Å². The Labute approximate surface area is 204 Å². The summed E-state index contributed by atoms with van der Waals surface area (Å²) in [5.74, 6) is -2.29. The van der Waals surface area contributed by atoms with Crippen molar-refractivity contribution in [2.24, 2.45) is 5.92 Å². The number of carboxylic acid groups (broad SMARTS) is 1. The van der Waals surface area contributed by atoms with E-state index in [1.807, 2.05) is 13.8 Å². The van der Waals surface area contributed by atoms with Crippen molar-refractivity contribution in [1.29, 1.82) is 0 Å². The molecular weight excluding hydrogens is 472 g/mol. The Bertz CT molecular complexity index is 1390. The first-order valence-corrected chi connectivity index (χ1v) is 11.8. The number of fused-ring (bicyclic) bond motifs is 1. The second-order valence-electron chi connectivity index (χ2n) is 8.52. The zero-order chi connectivity index (χ0) is 25.1. The van der Waals surface area contributed by atoms with Crippen LogP contribution in [0.2, 0.25) is 0 Å². The summed E-state index contributed by atoms with van der Waals surface area (Å²) in [5.41, 5.74) is 2.47. The summed E-state index contributed by atoms with van der Waals surface area (Å²) in [4.78, 5) is 28.2. The van der Waals surface area contributed by atoms with E-state index in [1.54, 1.807) is 42.5 Å². The maximum absolute atomic E-state index is 14.8. The van der Waals surface area contributed by atoms with Gasteiger partial charge in [-0.05, 0) is 65.9 Å². The number of thiazole rings is 1. The van der Waals surface area contributed by atoms with E-state index in [-0.39, 0.29) is 17.4 Å². The zero-order valence-corrected chi connectivity index (χ0v) is 19.8. The number of nitrogens with zero attached hydrogens (tertiary/aromatic N) is 1. The third-order valence-electron chi connectivity index (χ3n) is 5.35. The number of benzene rings is 3. The third kappa shape index (κ3) is 5.81. The summed E-state index contributed by atoms with van der Waals surface area (Å²) in [6.07, 6.45) is 0.326. The number of hydrogen-bond acceptors (Lipinski definition) is 5. The summed E-state index contributed by atoms with van der Waals surface area (Å²) in [5, 5.41) is 15.3. The van der Waals surface area contributed by atoms with Gasteiger partial charge < -0.3 is 15.7 Å². The van der Waals surface area contributed by atoms with E-state index in [9.17, 15) is 23.5 Å². The van der Waals surface area contributed by atoms with Gasteiger partial charge in [-0.2, -0.15) is 0 Å². The molecule has 0 aliphatic heterocycles. The molecule has 1 heterocycles. The Morgan fingerprint density at radius 1 is 1.00 bits per heavy atom. The molecule has 4 rings (SSSR count). The standard InChI is InChI=1S/C26H23F2N3O3S/c1-14(2)11-22(25(33)34)29-24(32)16-5-3-15(4-6-16)17-7-9-20(19(28)12-17)30-26-31-21-10-8-18(27)13-23(21)35-26/h3-10,12-14,22H,11H2,1-2H3,(H,29,32)(H,30,31)(H,33,34)/t22-/m1/s1. The Morgan fingerprint density at radius 3 is 2.37 bits per heavy atom. The molecule has 0 saturated carbocycles. The van der Waals surface area contributed by atoms with Gasteiger partial charge >= 0.3 is 5.97 Å². The van der Waals surface area contributed by atoms with E-state index in [0.717, 1.165) is 0 Å². The predicted octanol–water partition coefficient (Wildman–Crippen LogP) is 6.21. The van der Waals surface area contributed by atoms with Crippen molar-refractivity contribution in [3.8, 4) is 11.1 Å². The molecule has 4 aromatic rings.